The maximum absolute atomic E-state index is 12.9. The third-order valence-corrected chi connectivity index (χ3v) is 2.95. The van der Waals surface area contributed by atoms with E-state index in [1.54, 1.807) is 6.92 Å². The molecule has 0 radical (unpaired) electrons. The van der Waals surface area contributed by atoms with Crippen molar-refractivity contribution in [3.8, 4) is 0 Å². The van der Waals surface area contributed by atoms with Gasteiger partial charge in [0.05, 0.1) is 12.0 Å². The summed E-state index contributed by atoms with van der Waals surface area (Å²) < 4.78 is 30.8. The van der Waals surface area contributed by atoms with Crippen LogP contribution in [0.15, 0.2) is 12.7 Å². The molecule has 2 nitrogen and oxygen atoms in total. The third-order valence-electron chi connectivity index (χ3n) is 2.95. The quantitative estimate of drug-likeness (QED) is 0.537. The Morgan fingerprint density at radius 3 is 2.33 bits per heavy atom. The van der Waals surface area contributed by atoms with E-state index in [0.717, 1.165) is 0 Å². The van der Waals surface area contributed by atoms with Crippen LogP contribution in [0, 0.1) is 5.41 Å². The molecule has 0 aliphatic heterocycles. The van der Waals surface area contributed by atoms with Crippen LogP contribution >= 0.6 is 0 Å². The lowest BCUT2D eigenvalue weighted by Gasteiger charge is -2.35. The van der Waals surface area contributed by atoms with Crippen LogP contribution in [0.4, 0.5) is 8.78 Å². The molecule has 15 heavy (non-hydrogen) atoms. The Labute approximate surface area is 88.3 Å². The first-order valence-corrected chi connectivity index (χ1v) is 5.14. The summed E-state index contributed by atoms with van der Waals surface area (Å²) in [7, 11) is 0. The Morgan fingerprint density at radius 2 is 1.93 bits per heavy atom. The molecule has 0 atom stereocenters. The fraction of sp³-hybridized carbons (Fsp3) is 0.727. The van der Waals surface area contributed by atoms with Gasteiger partial charge in [-0.25, -0.2) is 8.78 Å². The number of carbonyl (C=O) groups is 1. The molecule has 0 aromatic rings. The molecule has 1 saturated carbocycles. The minimum absolute atomic E-state index is 0.127. The molecule has 0 unspecified atom stereocenters. The Balaban J connectivity index is 2.72. The maximum atomic E-state index is 12.9. The number of esters is 1. The first kappa shape index (κ1) is 12.1. The largest absolute Gasteiger partial charge is 0.465 e. The zero-order valence-corrected chi connectivity index (χ0v) is 8.89. The minimum atomic E-state index is -2.64. The van der Waals surface area contributed by atoms with E-state index in [0.29, 0.717) is 0 Å². The molecule has 0 aromatic heterocycles. The molecular formula is C11H16F2O2. The summed E-state index contributed by atoms with van der Waals surface area (Å²) in [5.74, 6) is -3.06. The molecule has 0 spiro atoms. The molecule has 0 saturated heterocycles. The summed E-state index contributed by atoms with van der Waals surface area (Å²) in [5.41, 5.74) is -0.891. The highest BCUT2D eigenvalue weighted by atomic mass is 19.3. The number of alkyl halides is 2. The monoisotopic (exact) mass is 218 g/mol. The summed E-state index contributed by atoms with van der Waals surface area (Å²) in [4.78, 5) is 11.6. The predicted molar refractivity (Wildman–Crippen MR) is 52.7 cm³/mol. The number of ether oxygens (including phenoxy) is 1. The van der Waals surface area contributed by atoms with E-state index in [2.05, 4.69) is 6.58 Å². The van der Waals surface area contributed by atoms with Gasteiger partial charge in [0, 0.05) is 12.8 Å². The maximum Gasteiger partial charge on any atom is 0.315 e. The second-order valence-corrected chi connectivity index (χ2v) is 3.94. The Morgan fingerprint density at radius 1 is 1.40 bits per heavy atom. The molecule has 0 N–H and O–H groups in total. The summed E-state index contributed by atoms with van der Waals surface area (Å²) in [5, 5.41) is 0. The second-order valence-electron chi connectivity index (χ2n) is 3.94. The number of hydrogen-bond acceptors (Lipinski definition) is 2. The van der Waals surface area contributed by atoms with Crippen LogP contribution in [-0.2, 0) is 9.53 Å². The number of hydrogen-bond donors (Lipinski definition) is 0. The standard InChI is InChI=1S/C11H16F2O2/c1-3-10(9(14)15-4-2)5-7-11(12,13)8-6-10/h3H,1,4-8H2,2H3. The molecule has 1 aliphatic rings. The molecule has 1 rings (SSSR count). The summed E-state index contributed by atoms with van der Waals surface area (Å²) in [6.07, 6.45) is 1.18. The van der Waals surface area contributed by atoms with Gasteiger partial charge < -0.3 is 4.74 Å². The van der Waals surface area contributed by atoms with Crippen molar-refractivity contribution in [1.82, 2.24) is 0 Å². The lowest BCUT2D eigenvalue weighted by atomic mass is 9.73. The van der Waals surface area contributed by atoms with E-state index in [1.165, 1.54) is 6.08 Å². The summed E-state index contributed by atoms with van der Waals surface area (Å²) in [6, 6.07) is 0. The molecular weight excluding hydrogens is 202 g/mol. The van der Waals surface area contributed by atoms with Gasteiger partial charge >= 0.3 is 5.97 Å². The van der Waals surface area contributed by atoms with Crippen LogP contribution in [0.3, 0.4) is 0 Å². The molecule has 1 aliphatic carbocycles. The number of rotatable bonds is 3. The van der Waals surface area contributed by atoms with Crippen molar-refractivity contribution >= 4 is 5.97 Å². The molecule has 1 fully saturated rings. The lowest BCUT2D eigenvalue weighted by Crippen LogP contribution is -2.38. The highest BCUT2D eigenvalue weighted by Crippen LogP contribution is 2.44. The van der Waals surface area contributed by atoms with Gasteiger partial charge in [-0.1, -0.05) is 6.08 Å². The summed E-state index contributed by atoms with van der Waals surface area (Å²) >= 11 is 0. The van der Waals surface area contributed by atoms with Crippen LogP contribution in [0.2, 0.25) is 0 Å². The molecule has 0 amide bonds. The Kier molecular flexibility index (Phi) is 3.47. The van der Waals surface area contributed by atoms with Crippen molar-refractivity contribution in [1.29, 1.82) is 0 Å². The van der Waals surface area contributed by atoms with Crippen molar-refractivity contribution in [2.45, 2.75) is 38.5 Å². The van der Waals surface area contributed by atoms with Crippen molar-refractivity contribution in [3.05, 3.63) is 12.7 Å². The van der Waals surface area contributed by atoms with E-state index in [-0.39, 0.29) is 32.3 Å². The van der Waals surface area contributed by atoms with Crippen molar-refractivity contribution in [2.24, 2.45) is 5.41 Å². The number of carbonyl (C=O) groups excluding carboxylic acids is 1. The van der Waals surface area contributed by atoms with Gasteiger partial charge in [-0.3, -0.25) is 4.79 Å². The van der Waals surface area contributed by atoms with Crippen LogP contribution in [0.25, 0.3) is 0 Å². The molecule has 0 heterocycles. The first-order valence-electron chi connectivity index (χ1n) is 5.14. The van der Waals surface area contributed by atoms with E-state index in [4.69, 9.17) is 4.74 Å². The fourth-order valence-corrected chi connectivity index (χ4v) is 1.83. The molecule has 0 aromatic carbocycles. The van der Waals surface area contributed by atoms with E-state index in [1.807, 2.05) is 0 Å². The summed E-state index contributed by atoms with van der Waals surface area (Å²) in [6.45, 7) is 5.53. The predicted octanol–water partition coefficient (Wildman–Crippen LogP) is 2.93. The van der Waals surface area contributed by atoms with Crippen molar-refractivity contribution in [2.75, 3.05) is 6.61 Å². The molecule has 86 valence electrons. The van der Waals surface area contributed by atoms with Crippen LogP contribution in [0.1, 0.15) is 32.6 Å². The zero-order chi connectivity index (χ0) is 11.5. The average Bonchev–Trinajstić information content (AvgIpc) is 2.19. The molecule has 4 heteroatoms. The van der Waals surface area contributed by atoms with Crippen LogP contribution in [0.5, 0.6) is 0 Å². The fourth-order valence-electron chi connectivity index (χ4n) is 1.83. The highest BCUT2D eigenvalue weighted by Gasteiger charge is 2.46. The van der Waals surface area contributed by atoms with E-state index in [9.17, 15) is 13.6 Å². The van der Waals surface area contributed by atoms with Gasteiger partial charge in [-0.15, -0.1) is 6.58 Å². The smallest absolute Gasteiger partial charge is 0.315 e. The van der Waals surface area contributed by atoms with E-state index >= 15 is 0 Å². The van der Waals surface area contributed by atoms with Gasteiger partial charge in [-0.05, 0) is 19.8 Å². The Bertz CT molecular complexity index is 251. The zero-order valence-electron chi connectivity index (χ0n) is 8.89. The van der Waals surface area contributed by atoms with Crippen LogP contribution in [-0.4, -0.2) is 18.5 Å². The molecule has 0 bridgehead atoms. The first-order chi connectivity index (χ1) is 6.96. The van der Waals surface area contributed by atoms with Gasteiger partial charge in [0.25, 0.3) is 0 Å². The van der Waals surface area contributed by atoms with Gasteiger partial charge in [0.15, 0.2) is 0 Å². The van der Waals surface area contributed by atoms with Crippen molar-refractivity contribution in [3.63, 3.8) is 0 Å². The topological polar surface area (TPSA) is 26.3 Å². The highest BCUT2D eigenvalue weighted by molar-refractivity contribution is 5.79. The van der Waals surface area contributed by atoms with Gasteiger partial charge in [0.1, 0.15) is 0 Å². The third kappa shape index (κ3) is 2.55. The SMILES string of the molecule is C=CC1(C(=O)OCC)CCC(F)(F)CC1. The van der Waals surface area contributed by atoms with Crippen LogP contribution < -0.4 is 0 Å². The Hall–Kier alpha value is -0.930. The normalized spacial score (nSPS) is 23.1. The second kappa shape index (κ2) is 4.29. The lowest BCUT2D eigenvalue weighted by molar-refractivity contribution is -0.158. The van der Waals surface area contributed by atoms with Crippen molar-refractivity contribution < 1.29 is 18.3 Å². The minimum Gasteiger partial charge on any atom is -0.465 e. The average molecular weight is 218 g/mol. The van der Waals surface area contributed by atoms with Gasteiger partial charge in [-0.2, -0.15) is 0 Å². The number of halogens is 2. The van der Waals surface area contributed by atoms with Gasteiger partial charge in [0.2, 0.25) is 5.92 Å². The van der Waals surface area contributed by atoms with E-state index < -0.39 is 17.3 Å².